The van der Waals surface area contributed by atoms with Crippen LogP contribution >= 0.6 is 11.6 Å². The van der Waals surface area contributed by atoms with E-state index >= 15 is 0 Å². The Hall–Kier alpha value is -3.60. The molecule has 1 heterocycles. The van der Waals surface area contributed by atoms with Gasteiger partial charge in [-0.15, -0.1) is 0 Å². The minimum absolute atomic E-state index is 0.0601. The molecule has 1 atom stereocenters. The van der Waals surface area contributed by atoms with Crippen molar-refractivity contribution in [2.75, 3.05) is 32.1 Å². The Bertz CT molecular complexity index is 1220. The molecule has 2 aromatic rings. The Labute approximate surface area is 210 Å². The molecule has 192 valence electrons. The maximum atomic E-state index is 13.1. The highest BCUT2D eigenvalue weighted by atomic mass is 35.5. The highest BCUT2D eigenvalue weighted by Crippen LogP contribution is 2.38. The third-order valence-corrected chi connectivity index (χ3v) is 5.74. The van der Waals surface area contributed by atoms with Crippen LogP contribution in [-0.2, 0) is 25.2 Å². The summed E-state index contributed by atoms with van der Waals surface area (Å²) in [4.78, 5) is 37.2. The second kappa shape index (κ2) is 10.6. The summed E-state index contributed by atoms with van der Waals surface area (Å²) in [5.74, 6) is -1.72. The summed E-state index contributed by atoms with van der Waals surface area (Å²) in [5, 5.41) is 7.77. The van der Waals surface area contributed by atoms with Crippen molar-refractivity contribution in [2.45, 2.75) is 20.0 Å². The van der Waals surface area contributed by atoms with Crippen molar-refractivity contribution in [1.82, 2.24) is 5.01 Å². The summed E-state index contributed by atoms with van der Waals surface area (Å²) in [6, 6.07) is 9.19. The summed E-state index contributed by atoms with van der Waals surface area (Å²) in [6.07, 6.45) is -4.65. The molecule has 8 nitrogen and oxygen atoms in total. The molecule has 2 aromatic carbocycles. The third kappa shape index (κ3) is 5.78. The Morgan fingerprint density at radius 2 is 1.92 bits per heavy atom. The number of benzene rings is 2. The number of hydrazone groups is 1. The quantitative estimate of drug-likeness (QED) is 0.539. The van der Waals surface area contributed by atoms with Gasteiger partial charge in [0, 0.05) is 11.3 Å². The first kappa shape index (κ1) is 27.0. The molecule has 1 aliphatic heterocycles. The number of carbonyl (C=O) groups excluding carboxylic acids is 3. The number of hydrogen-bond donors (Lipinski definition) is 1. The van der Waals surface area contributed by atoms with E-state index in [2.05, 4.69) is 15.2 Å². The van der Waals surface area contributed by atoms with E-state index in [-0.39, 0.29) is 36.5 Å². The molecular formula is C24H23ClF3N3O5. The molecule has 3 rings (SSSR count). The summed E-state index contributed by atoms with van der Waals surface area (Å²) in [7, 11) is 1.24. The molecule has 1 aliphatic rings. The predicted molar refractivity (Wildman–Crippen MR) is 126 cm³/mol. The average Bonchev–Trinajstić information content (AvgIpc) is 3.14. The Morgan fingerprint density at radius 1 is 1.19 bits per heavy atom. The smallest absolute Gasteiger partial charge is 0.417 e. The average molecular weight is 526 g/mol. The molecule has 0 bridgehead atoms. The number of esters is 2. The molecular weight excluding hydrogens is 503 g/mol. The fraction of sp³-hybridized carbons (Fsp3) is 0.333. The zero-order chi connectivity index (χ0) is 26.7. The van der Waals surface area contributed by atoms with Crippen LogP contribution in [0.1, 0.15) is 35.3 Å². The summed E-state index contributed by atoms with van der Waals surface area (Å²) >= 11 is 5.88. The minimum Gasteiger partial charge on any atom is -0.465 e. The molecule has 1 N–H and O–H groups in total. The van der Waals surface area contributed by atoms with Crippen molar-refractivity contribution in [2.24, 2.45) is 10.5 Å². The summed E-state index contributed by atoms with van der Waals surface area (Å²) in [6.45, 7) is 2.89. The van der Waals surface area contributed by atoms with Crippen molar-refractivity contribution in [3.63, 3.8) is 0 Å². The van der Waals surface area contributed by atoms with E-state index < -0.39 is 40.0 Å². The van der Waals surface area contributed by atoms with Crippen LogP contribution in [0.5, 0.6) is 0 Å². The number of nitrogens with zero attached hydrogens (tertiary/aromatic N) is 2. The first-order valence-electron chi connectivity index (χ1n) is 10.8. The predicted octanol–water partition coefficient (Wildman–Crippen LogP) is 4.37. The normalized spacial score (nSPS) is 17.4. The second-order valence-corrected chi connectivity index (χ2v) is 8.54. The van der Waals surface area contributed by atoms with Gasteiger partial charge in [-0.2, -0.15) is 18.3 Å². The van der Waals surface area contributed by atoms with Crippen LogP contribution in [0.2, 0.25) is 5.02 Å². The van der Waals surface area contributed by atoms with Crippen LogP contribution < -0.4 is 5.32 Å². The molecule has 0 aromatic heterocycles. The van der Waals surface area contributed by atoms with Crippen molar-refractivity contribution in [3.05, 3.63) is 64.2 Å². The number of hydrogen-bond acceptors (Lipinski definition) is 7. The molecule has 0 saturated carbocycles. The first-order chi connectivity index (χ1) is 16.9. The topological polar surface area (TPSA) is 97.3 Å². The third-order valence-electron chi connectivity index (χ3n) is 5.43. The maximum Gasteiger partial charge on any atom is 0.417 e. The lowest BCUT2D eigenvalue weighted by molar-refractivity contribution is -0.150. The number of nitrogens with one attached hydrogen (secondary N) is 1. The van der Waals surface area contributed by atoms with E-state index in [1.165, 1.54) is 37.2 Å². The lowest BCUT2D eigenvalue weighted by atomic mass is 9.82. The SMILES string of the molecule is CCOC(=O)C1(C)CN(CC(=O)Nc2cccc(C(=O)OC)c2)N=C1c1ccc(C(F)(F)F)c(Cl)c1. The molecule has 1 unspecified atom stereocenters. The number of alkyl halides is 3. The molecule has 0 aliphatic carbocycles. The number of halogens is 4. The molecule has 0 spiro atoms. The maximum absolute atomic E-state index is 13.1. The van der Waals surface area contributed by atoms with E-state index in [0.717, 1.165) is 12.1 Å². The number of methoxy groups -OCH3 is 1. The lowest BCUT2D eigenvalue weighted by Gasteiger charge is -2.24. The van der Waals surface area contributed by atoms with Gasteiger partial charge in [-0.1, -0.05) is 23.7 Å². The summed E-state index contributed by atoms with van der Waals surface area (Å²) < 4.78 is 49.3. The number of rotatable bonds is 7. The van der Waals surface area contributed by atoms with Crippen molar-refractivity contribution >= 4 is 40.8 Å². The lowest BCUT2D eigenvalue weighted by Crippen LogP contribution is -2.41. The zero-order valence-corrected chi connectivity index (χ0v) is 20.4. The van der Waals surface area contributed by atoms with E-state index in [9.17, 15) is 27.6 Å². The molecule has 1 amide bonds. The van der Waals surface area contributed by atoms with Gasteiger partial charge in [0.05, 0.1) is 42.1 Å². The van der Waals surface area contributed by atoms with Gasteiger partial charge in [0.1, 0.15) is 12.0 Å². The van der Waals surface area contributed by atoms with Crippen LogP contribution in [0.4, 0.5) is 18.9 Å². The largest absolute Gasteiger partial charge is 0.465 e. The Kier molecular flexibility index (Phi) is 7.92. The molecule has 12 heteroatoms. The van der Waals surface area contributed by atoms with Gasteiger partial charge in [-0.25, -0.2) is 4.79 Å². The van der Waals surface area contributed by atoms with Gasteiger partial charge in [0.25, 0.3) is 0 Å². The van der Waals surface area contributed by atoms with Gasteiger partial charge in [-0.3, -0.25) is 14.6 Å². The monoisotopic (exact) mass is 525 g/mol. The summed E-state index contributed by atoms with van der Waals surface area (Å²) in [5.41, 5.74) is -1.49. The van der Waals surface area contributed by atoms with Crippen molar-refractivity contribution in [3.8, 4) is 0 Å². The highest BCUT2D eigenvalue weighted by molar-refractivity contribution is 6.32. The molecule has 0 fully saturated rings. The standard InChI is InChI=1S/C24H23ClF3N3O5/c1-4-36-22(34)23(2)13-31(12-19(32)29-16-7-5-6-15(10-16)21(33)35-3)30-20(23)14-8-9-17(18(25)11-14)24(26,27)28/h5-11H,4,12-13H2,1-3H3,(H,29,32). The van der Waals surface area contributed by atoms with Crippen LogP contribution in [0, 0.1) is 5.41 Å². The molecule has 0 radical (unpaired) electrons. The number of ether oxygens (including phenoxy) is 2. The van der Waals surface area contributed by atoms with Gasteiger partial charge < -0.3 is 14.8 Å². The van der Waals surface area contributed by atoms with Crippen molar-refractivity contribution in [1.29, 1.82) is 0 Å². The van der Waals surface area contributed by atoms with E-state index in [4.69, 9.17) is 16.3 Å². The highest BCUT2D eigenvalue weighted by Gasteiger charge is 2.47. The van der Waals surface area contributed by atoms with E-state index in [0.29, 0.717) is 5.69 Å². The van der Waals surface area contributed by atoms with Gasteiger partial charge in [0.2, 0.25) is 5.91 Å². The number of carbonyl (C=O) groups is 3. The first-order valence-corrected chi connectivity index (χ1v) is 11.1. The fourth-order valence-corrected chi connectivity index (χ4v) is 4.03. The van der Waals surface area contributed by atoms with Crippen LogP contribution in [-0.4, -0.2) is 55.4 Å². The Morgan fingerprint density at radius 3 is 2.53 bits per heavy atom. The van der Waals surface area contributed by atoms with Gasteiger partial charge in [-0.05, 0) is 44.2 Å². The zero-order valence-electron chi connectivity index (χ0n) is 19.6. The van der Waals surface area contributed by atoms with E-state index in [1.54, 1.807) is 19.1 Å². The second-order valence-electron chi connectivity index (χ2n) is 8.14. The van der Waals surface area contributed by atoms with Gasteiger partial charge in [0.15, 0.2) is 0 Å². The van der Waals surface area contributed by atoms with E-state index in [1.807, 2.05) is 0 Å². The molecule has 0 saturated heterocycles. The number of amides is 1. The fourth-order valence-electron chi connectivity index (χ4n) is 3.75. The number of anilines is 1. The van der Waals surface area contributed by atoms with Crippen LogP contribution in [0.15, 0.2) is 47.6 Å². The minimum atomic E-state index is -4.65. The Balaban J connectivity index is 1.86. The van der Waals surface area contributed by atoms with Gasteiger partial charge >= 0.3 is 18.1 Å². The van der Waals surface area contributed by atoms with Crippen LogP contribution in [0.25, 0.3) is 0 Å². The molecule has 36 heavy (non-hydrogen) atoms. The van der Waals surface area contributed by atoms with Crippen molar-refractivity contribution < 1.29 is 37.0 Å². The van der Waals surface area contributed by atoms with Crippen LogP contribution in [0.3, 0.4) is 0 Å².